The molecule has 1 heterocycles. The Hall–Kier alpha value is -0.870. The Balaban J connectivity index is 2.69. The molecule has 1 rings (SSSR count). The lowest BCUT2D eigenvalue weighted by molar-refractivity contribution is 0.102. The highest BCUT2D eigenvalue weighted by Gasteiger charge is 2.14. The number of aromatic nitrogens is 2. The van der Waals surface area contributed by atoms with Crippen LogP contribution in [-0.4, -0.2) is 22.8 Å². The Kier molecular flexibility index (Phi) is 4.96. The molecule has 16 heavy (non-hydrogen) atoms. The maximum Gasteiger partial charge on any atom is 0.0949 e. The van der Waals surface area contributed by atoms with Crippen LogP contribution >= 0.6 is 0 Å². The van der Waals surface area contributed by atoms with Crippen molar-refractivity contribution in [3.05, 3.63) is 18.2 Å². The highest BCUT2D eigenvalue weighted by Crippen LogP contribution is 2.18. The van der Waals surface area contributed by atoms with Crippen molar-refractivity contribution in [2.45, 2.75) is 45.9 Å². The first-order valence-electron chi connectivity index (χ1n) is 5.83. The SMILES string of the molecule is COC(C)Cn1cncc1C(N)CC(C)C. The molecule has 0 fully saturated rings. The molecule has 92 valence electrons. The van der Waals surface area contributed by atoms with E-state index in [0.717, 1.165) is 18.7 Å². The number of ether oxygens (including phenoxy) is 1. The van der Waals surface area contributed by atoms with Crippen LogP contribution in [0.15, 0.2) is 12.5 Å². The molecule has 0 saturated carbocycles. The second-order valence-corrected chi connectivity index (χ2v) is 4.75. The number of nitrogens with zero attached hydrogens (tertiary/aromatic N) is 2. The van der Waals surface area contributed by atoms with Gasteiger partial charge in [0.15, 0.2) is 0 Å². The fourth-order valence-electron chi connectivity index (χ4n) is 1.77. The van der Waals surface area contributed by atoms with Crippen molar-refractivity contribution in [3.8, 4) is 0 Å². The van der Waals surface area contributed by atoms with E-state index in [1.165, 1.54) is 0 Å². The molecular formula is C12H23N3O. The minimum atomic E-state index is 0.0616. The predicted octanol–water partition coefficient (Wildman–Crippen LogP) is 1.96. The van der Waals surface area contributed by atoms with Crippen molar-refractivity contribution in [1.29, 1.82) is 0 Å². The average molecular weight is 225 g/mol. The summed E-state index contributed by atoms with van der Waals surface area (Å²) in [6.07, 6.45) is 4.84. The standard InChI is InChI=1S/C12H23N3O/c1-9(2)5-11(13)12-6-14-8-15(12)7-10(3)16-4/h6,8-11H,5,7,13H2,1-4H3. The quantitative estimate of drug-likeness (QED) is 0.805. The van der Waals surface area contributed by atoms with E-state index in [0.29, 0.717) is 5.92 Å². The van der Waals surface area contributed by atoms with Crippen LogP contribution in [0.25, 0.3) is 0 Å². The van der Waals surface area contributed by atoms with E-state index in [9.17, 15) is 0 Å². The first-order chi connectivity index (χ1) is 7.54. The summed E-state index contributed by atoms with van der Waals surface area (Å²) in [6.45, 7) is 7.20. The van der Waals surface area contributed by atoms with Gasteiger partial charge in [-0.1, -0.05) is 13.8 Å². The van der Waals surface area contributed by atoms with Gasteiger partial charge in [-0.2, -0.15) is 0 Å². The largest absolute Gasteiger partial charge is 0.380 e. The summed E-state index contributed by atoms with van der Waals surface area (Å²) < 4.78 is 7.33. The number of methoxy groups -OCH3 is 1. The van der Waals surface area contributed by atoms with Crippen molar-refractivity contribution >= 4 is 0 Å². The highest BCUT2D eigenvalue weighted by atomic mass is 16.5. The molecule has 1 aromatic rings. The van der Waals surface area contributed by atoms with Gasteiger partial charge in [0.2, 0.25) is 0 Å². The third kappa shape index (κ3) is 3.61. The summed E-state index contributed by atoms with van der Waals surface area (Å²) >= 11 is 0. The zero-order chi connectivity index (χ0) is 12.1. The topological polar surface area (TPSA) is 53.1 Å². The van der Waals surface area contributed by atoms with Gasteiger partial charge in [-0.15, -0.1) is 0 Å². The monoisotopic (exact) mass is 225 g/mol. The zero-order valence-electron chi connectivity index (χ0n) is 10.7. The fraction of sp³-hybridized carbons (Fsp3) is 0.750. The Labute approximate surface area is 97.8 Å². The Bertz CT molecular complexity index is 309. The van der Waals surface area contributed by atoms with Gasteiger partial charge in [-0.3, -0.25) is 0 Å². The summed E-state index contributed by atoms with van der Waals surface area (Å²) in [4.78, 5) is 4.17. The van der Waals surface area contributed by atoms with Crippen LogP contribution in [0.2, 0.25) is 0 Å². The smallest absolute Gasteiger partial charge is 0.0949 e. The Morgan fingerprint density at radius 3 is 2.69 bits per heavy atom. The van der Waals surface area contributed by atoms with Crippen molar-refractivity contribution in [2.75, 3.05) is 7.11 Å². The van der Waals surface area contributed by atoms with Gasteiger partial charge >= 0.3 is 0 Å². The molecule has 0 spiro atoms. The number of hydrogen-bond donors (Lipinski definition) is 1. The van der Waals surface area contributed by atoms with Gasteiger partial charge in [0, 0.05) is 25.9 Å². The van der Waals surface area contributed by atoms with E-state index in [1.807, 2.05) is 19.4 Å². The van der Waals surface area contributed by atoms with E-state index >= 15 is 0 Å². The molecule has 0 aromatic carbocycles. The summed E-state index contributed by atoms with van der Waals surface area (Å²) in [5.41, 5.74) is 7.25. The van der Waals surface area contributed by atoms with Crippen molar-refractivity contribution in [1.82, 2.24) is 9.55 Å². The molecular weight excluding hydrogens is 202 g/mol. The molecule has 0 aliphatic heterocycles. The minimum absolute atomic E-state index is 0.0616. The molecule has 0 amide bonds. The van der Waals surface area contributed by atoms with E-state index in [4.69, 9.17) is 10.5 Å². The first kappa shape index (κ1) is 13.2. The van der Waals surface area contributed by atoms with Crippen molar-refractivity contribution in [3.63, 3.8) is 0 Å². The summed E-state index contributed by atoms with van der Waals surface area (Å²) in [6, 6.07) is 0.0616. The average Bonchev–Trinajstić information content (AvgIpc) is 2.64. The molecule has 4 nitrogen and oxygen atoms in total. The molecule has 0 aliphatic carbocycles. The minimum Gasteiger partial charge on any atom is -0.380 e. The lowest BCUT2D eigenvalue weighted by Crippen LogP contribution is -2.21. The van der Waals surface area contributed by atoms with Crippen LogP contribution in [0.3, 0.4) is 0 Å². The Morgan fingerprint density at radius 1 is 1.44 bits per heavy atom. The predicted molar refractivity (Wildman–Crippen MR) is 65.1 cm³/mol. The summed E-state index contributed by atoms with van der Waals surface area (Å²) in [5.74, 6) is 0.596. The van der Waals surface area contributed by atoms with E-state index in [1.54, 1.807) is 7.11 Å². The van der Waals surface area contributed by atoms with E-state index < -0.39 is 0 Å². The van der Waals surface area contributed by atoms with E-state index in [-0.39, 0.29) is 12.1 Å². The van der Waals surface area contributed by atoms with Gasteiger partial charge in [-0.05, 0) is 19.3 Å². The fourth-order valence-corrected chi connectivity index (χ4v) is 1.77. The molecule has 0 aliphatic rings. The van der Waals surface area contributed by atoms with Crippen LogP contribution in [-0.2, 0) is 11.3 Å². The highest BCUT2D eigenvalue weighted by molar-refractivity contribution is 5.04. The maximum absolute atomic E-state index is 6.16. The molecule has 2 atom stereocenters. The van der Waals surface area contributed by atoms with Gasteiger partial charge < -0.3 is 15.0 Å². The van der Waals surface area contributed by atoms with Gasteiger partial charge in [0.05, 0.1) is 18.1 Å². The Morgan fingerprint density at radius 2 is 2.12 bits per heavy atom. The first-order valence-corrected chi connectivity index (χ1v) is 5.83. The number of imidazole rings is 1. The van der Waals surface area contributed by atoms with Crippen LogP contribution in [0.5, 0.6) is 0 Å². The molecule has 0 saturated heterocycles. The number of hydrogen-bond acceptors (Lipinski definition) is 3. The molecule has 0 radical (unpaired) electrons. The van der Waals surface area contributed by atoms with Crippen LogP contribution in [0.1, 0.15) is 38.9 Å². The lowest BCUT2D eigenvalue weighted by Gasteiger charge is -2.18. The second-order valence-electron chi connectivity index (χ2n) is 4.75. The van der Waals surface area contributed by atoms with Crippen LogP contribution in [0, 0.1) is 5.92 Å². The van der Waals surface area contributed by atoms with Gasteiger partial charge in [0.25, 0.3) is 0 Å². The summed E-state index contributed by atoms with van der Waals surface area (Å²) in [7, 11) is 1.72. The maximum atomic E-state index is 6.16. The van der Waals surface area contributed by atoms with Crippen molar-refractivity contribution in [2.24, 2.45) is 11.7 Å². The molecule has 0 bridgehead atoms. The zero-order valence-corrected chi connectivity index (χ0v) is 10.7. The van der Waals surface area contributed by atoms with E-state index in [2.05, 4.69) is 23.4 Å². The molecule has 2 N–H and O–H groups in total. The van der Waals surface area contributed by atoms with Gasteiger partial charge in [-0.25, -0.2) is 4.98 Å². The normalized spacial score (nSPS) is 15.4. The summed E-state index contributed by atoms with van der Waals surface area (Å²) in [5, 5.41) is 0. The molecule has 2 unspecified atom stereocenters. The van der Waals surface area contributed by atoms with Crippen molar-refractivity contribution < 1.29 is 4.74 Å². The molecule has 4 heteroatoms. The lowest BCUT2D eigenvalue weighted by atomic mass is 10.0. The number of rotatable bonds is 6. The third-order valence-electron chi connectivity index (χ3n) is 2.71. The molecule has 1 aromatic heterocycles. The van der Waals surface area contributed by atoms with Gasteiger partial charge in [0.1, 0.15) is 0 Å². The number of nitrogens with two attached hydrogens (primary N) is 1. The van der Waals surface area contributed by atoms with Crippen LogP contribution in [0.4, 0.5) is 0 Å². The second kappa shape index (κ2) is 6.01. The van der Waals surface area contributed by atoms with Crippen LogP contribution < -0.4 is 5.73 Å². The third-order valence-corrected chi connectivity index (χ3v) is 2.71.